The summed E-state index contributed by atoms with van der Waals surface area (Å²) in [7, 11) is 0. The van der Waals surface area contributed by atoms with E-state index in [0.717, 1.165) is 47.1 Å². The number of esters is 1. The highest BCUT2D eigenvalue weighted by Crippen LogP contribution is 2.52. The lowest BCUT2D eigenvalue weighted by molar-refractivity contribution is -0.172. The summed E-state index contributed by atoms with van der Waals surface area (Å²) >= 11 is 0. The maximum Gasteiger partial charge on any atom is 0.312 e. The zero-order chi connectivity index (χ0) is 24.3. The van der Waals surface area contributed by atoms with Crippen molar-refractivity contribution in [3.05, 3.63) is 42.5 Å². The first kappa shape index (κ1) is 24.9. The van der Waals surface area contributed by atoms with Crippen molar-refractivity contribution in [1.82, 2.24) is 9.97 Å². The number of aromatic nitrogens is 2. The van der Waals surface area contributed by atoms with E-state index in [1.807, 2.05) is 49.4 Å². The zero-order valence-corrected chi connectivity index (χ0v) is 21.2. The van der Waals surface area contributed by atoms with E-state index in [1.165, 1.54) is 0 Å². The van der Waals surface area contributed by atoms with Gasteiger partial charge in [-0.3, -0.25) is 4.79 Å². The van der Waals surface area contributed by atoms with Gasteiger partial charge in [0.2, 0.25) is 0 Å². The number of fused-ring (bicyclic) bond motifs is 2. The summed E-state index contributed by atoms with van der Waals surface area (Å²) < 4.78 is 11.6. The minimum absolute atomic E-state index is 0.108. The van der Waals surface area contributed by atoms with Gasteiger partial charge in [-0.2, -0.15) is 0 Å². The van der Waals surface area contributed by atoms with Crippen molar-refractivity contribution in [2.75, 3.05) is 13.2 Å². The fourth-order valence-corrected chi connectivity index (χ4v) is 4.31. The van der Waals surface area contributed by atoms with Crippen molar-refractivity contribution < 1.29 is 14.3 Å². The molecule has 0 fully saturated rings. The van der Waals surface area contributed by atoms with Crippen molar-refractivity contribution in [2.24, 2.45) is 16.2 Å². The monoisotopic (exact) mass is 450 g/mol. The number of rotatable bonds is 8. The molecule has 0 aliphatic carbocycles. The summed E-state index contributed by atoms with van der Waals surface area (Å²) in [6.45, 7) is 15.7. The molecule has 0 N–H and O–H groups in total. The van der Waals surface area contributed by atoms with Crippen LogP contribution >= 0.6 is 0 Å². The zero-order valence-electron chi connectivity index (χ0n) is 21.2. The summed E-state index contributed by atoms with van der Waals surface area (Å²) in [6.07, 6.45) is 2.66. The number of carbonyl (C=O) groups excluding carboxylic acids is 1. The molecule has 0 amide bonds. The summed E-state index contributed by atoms with van der Waals surface area (Å²) in [5.74, 6) is 0.688. The first-order valence-corrected chi connectivity index (χ1v) is 11.9. The number of hydrogen-bond acceptors (Lipinski definition) is 5. The first-order chi connectivity index (χ1) is 15.4. The Kier molecular flexibility index (Phi) is 7.30. The minimum Gasteiger partial charge on any atom is -0.494 e. The summed E-state index contributed by atoms with van der Waals surface area (Å²) in [5.41, 5.74) is 2.53. The van der Waals surface area contributed by atoms with E-state index in [9.17, 15) is 4.79 Å². The van der Waals surface area contributed by atoms with Gasteiger partial charge >= 0.3 is 5.97 Å². The summed E-state index contributed by atoms with van der Waals surface area (Å²) in [4.78, 5) is 22.3. The molecule has 0 unspecified atom stereocenters. The average molecular weight is 451 g/mol. The quantitative estimate of drug-likeness (QED) is 0.211. The lowest BCUT2D eigenvalue weighted by Gasteiger charge is -2.48. The maximum absolute atomic E-state index is 13.0. The van der Waals surface area contributed by atoms with Crippen molar-refractivity contribution in [2.45, 2.75) is 67.7 Å². The highest BCUT2D eigenvalue weighted by molar-refractivity contribution is 5.86. The van der Waals surface area contributed by atoms with Crippen LogP contribution in [-0.2, 0) is 9.53 Å². The second-order valence-corrected chi connectivity index (χ2v) is 11.0. The van der Waals surface area contributed by atoms with E-state index in [2.05, 4.69) is 51.5 Å². The maximum atomic E-state index is 13.0. The van der Waals surface area contributed by atoms with Gasteiger partial charge < -0.3 is 9.47 Å². The van der Waals surface area contributed by atoms with Gasteiger partial charge in [-0.05, 0) is 61.3 Å². The molecule has 5 heteroatoms. The molecule has 0 atom stereocenters. The molecule has 3 rings (SSSR count). The van der Waals surface area contributed by atoms with Crippen LogP contribution in [0.25, 0.3) is 22.1 Å². The van der Waals surface area contributed by atoms with Gasteiger partial charge in [0.25, 0.3) is 0 Å². The Morgan fingerprint density at radius 3 is 1.88 bits per heavy atom. The van der Waals surface area contributed by atoms with Gasteiger partial charge in [0, 0.05) is 6.07 Å². The van der Waals surface area contributed by atoms with Crippen LogP contribution in [0, 0.1) is 16.2 Å². The largest absolute Gasteiger partial charge is 0.494 e. The number of benzene rings is 2. The standard InChI is InChI=1S/C28H38N2O3/c1-26(2,3)28(7,27(4,5)6)25(31)33-18-12-8-11-17-32-20-15-16-23-24(19-20)30-22-14-10-9-13-21(22)29-23/h9-10,13-16,19H,8,11-12,17-18H2,1-7H3. The molecule has 0 aliphatic rings. The Bertz CT molecular complexity index is 1100. The molecule has 0 spiro atoms. The van der Waals surface area contributed by atoms with E-state index < -0.39 is 5.41 Å². The van der Waals surface area contributed by atoms with E-state index in [0.29, 0.717) is 13.2 Å². The molecule has 0 saturated carbocycles. The lowest BCUT2D eigenvalue weighted by Crippen LogP contribution is -2.50. The minimum atomic E-state index is -0.562. The van der Waals surface area contributed by atoms with Crippen LogP contribution in [0.2, 0.25) is 0 Å². The fraction of sp³-hybridized carbons (Fsp3) is 0.536. The predicted octanol–water partition coefficient (Wildman–Crippen LogP) is 6.97. The van der Waals surface area contributed by atoms with Gasteiger partial charge in [0.15, 0.2) is 0 Å². The molecule has 2 aromatic carbocycles. The fourth-order valence-electron chi connectivity index (χ4n) is 4.31. The normalized spacial score (nSPS) is 12.8. The number of carbonyl (C=O) groups is 1. The molecule has 33 heavy (non-hydrogen) atoms. The van der Waals surface area contributed by atoms with Crippen LogP contribution in [0.3, 0.4) is 0 Å². The Morgan fingerprint density at radius 2 is 1.27 bits per heavy atom. The molecular formula is C28H38N2O3. The van der Waals surface area contributed by atoms with Crippen LogP contribution < -0.4 is 4.74 Å². The smallest absolute Gasteiger partial charge is 0.312 e. The van der Waals surface area contributed by atoms with Crippen LogP contribution in [0.5, 0.6) is 5.75 Å². The van der Waals surface area contributed by atoms with Gasteiger partial charge in [-0.15, -0.1) is 0 Å². The van der Waals surface area contributed by atoms with E-state index >= 15 is 0 Å². The lowest BCUT2D eigenvalue weighted by atomic mass is 9.55. The number of unbranched alkanes of at least 4 members (excludes halogenated alkanes) is 2. The van der Waals surface area contributed by atoms with Gasteiger partial charge in [-0.25, -0.2) is 9.97 Å². The van der Waals surface area contributed by atoms with E-state index in [-0.39, 0.29) is 16.8 Å². The number of ether oxygens (including phenoxy) is 2. The Balaban J connectivity index is 1.45. The Hall–Kier alpha value is -2.69. The molecule has 5 nitrogen and oxygen atoms in total. The summed E-state index contributed by atoms with van der Waals surface area (Å²) in [5, 5.41) is 0. The first-order valence-electron chi connectivity index (χ1n) is 11.9. The molecule has 0 aliphatic heterocycles. The number of para-hydroxylation sites is 2. The third kappa shape index (κ3) is 5.45. The van der Waals surface area contributed by atoms with Crippen LogP contribution in [0.1, 0.15) is 67.7 Å². The molecule has 0 bridgehead atoms. The molecule has 3 aromatic rings. The van der Waals surface area contributed by atoms with Crippen LogP contribution in [-0.4, -0.2) is 29.2 Å². The molecule has 1 heterocycles. The average Bonchev–Trinajstić information content (AvgIpc) is 2.74. The topological polar surface area (TPSA) is 61.3 Å². The second kappa shape index (κ2) is 9.66. The van der Waals surface area contributed by atoms with Crippen molar-refractivity contribution in [1.29, 1.82) is 0 Å². The SMILES string of the molecule is CC(C)(C)C(C)(C(=O)OCCCCCOc1ccc2nc3ccccc3nc2c1)C(C)(C)C. The Labute approximate surface area is 197 Å². The van der Waals surface area contributed by atoms with Crippen molar-refractivity contribution >= 4 is 28.0 Å². The highest BCUT2D eigenvalue weighted by Gasteiger charge is 2.53. The van der Waals surface area contributed by atoms with E-state index in [1.54, 1.807) is 0 Å². The molecule has 178 valence electrons. The van der Waals surface area contributed by atoms with E-state index in [4.69, 9.17) is 9.47 Å². The molecule has 0 saturated heterocycles. The van der Waals surface area contributed by atoms with Gasteiger partial charge in [-0.1, -0.05) is 53.7 Å². The van der Waals surface area contributed by atoms with Gasteiger partial charge in [0.05, 0.1) is 40.7 Å². The van der Waals surface area contributed by atoms with Crippen LogP contribution in [0.4, 0.5) is 0 Å². The Morgan fingerprint density at radius 1 is 0.727 bits per heavy atom. The highest BCUT2D eigenvalue weighted by atomic mass is 16.5. The third-order valence-corrected chi connectivity index (χ3v) is 7.01. The number of hydrogen-bond donors (Lipinski definition) is 0. The van der Waals surface area contributed by atoms with Crippen molar-refractivity contribution in [3.8, 4) is 5.75 Å². The number of nitrogens with zero attached hydrogens (tertiary/aromatic N) is 2. The predicted molar refractivity (Wildman–Crippen MR) is 134 cm³/mol. The molecule has 0 radical (unpaired) electrons. The summed E-state index contributed by atoms with van der Waals surface area (Å²) in [6, 6.07) is 13.7. The second-order valence-electron chi connectivity index (χ2n) is 11.0. The third-order valence-electron chi connectivity index (χ3n) is 7.01. The molecular weight excluding hydrogens is 412 g/mol. The van der Waals surface area contributed by atoms with Crippen LogP contribution in [0.15, 0.2) is 42.5 Å². The van der Waals surface area contributed by atoms with Gasteiger partial charge in [0.1, 0.15) is 5.75 Å². The van der Waals surface area contributed by atoms with Crippen molar-refractivity contribution in [3.63, 3.8) is 0 Å². The molecule has 1 aromatic heterocycles.